The Bertz CT molecular complexity index is 565. The second-order valence-corrected chi connectivity index (χ2v) is 8.20. The van der Waals surface area contributed by atoms with Crippen molar-refractivity contribution in [2.45, 2.75) is 64.2 Å². The van der Waals surface area contributed by atoms with Crippen LogP contribution in [0.4, 0.5) is 0 Å². The van der Waals surface area contributed by atoms with Crippen molar-refractivity contribution >= 4 is 0 Å². The molecule has 5 nitrogen and oxygen atoms in total. The molecular formula is C19H30N2O3. The third-order valence-corrected chi connectivity index (χ3v) is 4.67. The SMILES string of the molecule is COc1cc(CNC2CC(C)(C)NC(C)(C)C2)cc2c1OCCO2. The molecule has 1 saturated heterocycles. The molecule has 134 valence electrons. The molecule has 2 aliphatic rings. The maximum Gasteiger partial charge on any atom is 0.203 e. The fourth-order valence-electron chi connectivity index (χ4n) is 4.16. The number of rotatable bonds is 4. The number of hydrogen-bond donors (Lipinski definition) is 2. The largest absolute Gasteiger partial charge is 0.493 e. The number of hydrogen-bond acceptors (Lipinski definition) is 5. The molecule has 1 aromatic carbocycles. The monoisotopic (exact) mass is 334 g/mol. The van der Waals surface area contributed by atoms with Gasteiger partial charge in [-0.25, -0.2) is 0 Å². The Kier molecular flexibility index (Phi) is 4.67. The van der Waals surface area contributed by atoms with Crippen molar-refractivity contribution < 1.29 is 14.2 Å². The van der Waals surface area contributed by atoms with Crippen molar-refractivity contribution in [3.8, 4) is 17.2 Å². The molecule has 24 heavy (non-hydrogen) atoms. The van der Waals surface area contributed by atoms with E-state index in [1.54, 1.807) is 7.11 Å². The van der Waals surface area contributed by atoms with Crippen LogP contribution in [-0.4, -0.2) is 37.4 Å². The number of fused-ring (bicyclic) bond motifs is 1. The van der Waals surface area contributed by atoms with E-state index in [2.05, 4.69) is 44.4 Å². The minimum atomic E-state index is 0.143. The van der Waals surface area contributed by atoms with Gasteiger partial charge in [-0.05, 0) is 58.2 Å². The van der Waals surface area contributed by atoms with Crippen LogP contribution in [0.5, 0.6) is 17.2 Å². The van der Waals surface area contributed by atoms with Crippen LogP contribution in [0.25, 0.3) is 0 Å². The summed E-state index contributed by atoms with van der Waals surface area (Å²) in [6.45, 7) is 11.0. The van der Waals surface area contributed by atoms with E-state index < -0.39 is 0 Å². The number of benzene rings is 1. The Hall–Kier alpha value is -1.46. The quantitative estimate of drug-likeness (QED) is 0.887. The highest BCUT2D eigenvalue weighted by Crippen LogP contribution is 2.40. The maximum atomic E-state index is 5.72. The molecule has 2 N–H and O–H groups in total. The summed E-state index contributed by atoms with van der Waals surface area (Å²) in [4.78, 5) is 0. The molecule has 2 heterocycles. The van der Waals surface area contributed by atoms with E-state index in [0.29, 0.717) is 19.3 Å². The van der Waals surface area contributed by atoms with E-state index in [0.717, 1.165) is 42.2 Å². The van der Waals surface area contributed by atoms with Crippen LogP contribution in [0, 0.1) is 0 Å². The van der Waals surface area contributed by atoms with Gasteiger partial charge in [0.1, 0.15) is 13.2 Å². The summed E-state index contributed by atoms with van der Waals surface area (Å²) in [6.07, 6.45) is 2.22. The van der Waals surface area contributed by atoms with Crippen LogP contribution >= 0.6 is 0 Å². The number of nitrogens with one attached hydrogen (secondary N) is 2. The van der Waals surface area contributed by atoms with E-state index >= 15 is 0 Å². The van der Waals surface area contributed by atoms with Gasteiger partial charge in [0.05, 0.1) is 7.11 Å². The summed E-state index contributed by atoms with van der Waals surface area (Å²) in [5.41, 5.74) is 1.44. The van der Waals surface area contributed by atoms with Gasteiger partial charge < -0.3 is 24.8 Å². The molecule has 3 rings (SSSR count). The van der Waals surface area contributed by atoms with Crippen molar-refractivity contribution in [2.24, 2.45) is 0 Å². The van der Waals surface area contributed by atoms with Gasteiger partial charge in [-0.2, -0.15) is 0 Å². The maximum absolute atomic E-state index is 5.72. The van der Waals surface area contributed by atoms with Crippen molar-refractivity contribution in [3.05, 3.63) is 17.7 Å². The topological polar surface area (TPSA) is 51.8 Å². The van der Waals surface area contributed by atoms with E-state index in [9.17, 15) is 0 Å². The van der Waals surface area contributed by atoms with Gasteiger partial charge in [-0.15, -0.1) is 0 Å². The van der Waals surface area contributed by atoms with Gasteiger partial charge in [-0.3, -0.25) is 0 Å². The summed E-state index contributed by atoms with van der Waals surface area (Å²) >= 11 is 0. The van der Waals surface area contributed by atoms with Crippen molar-refractivity contribution in [3.63, 3.8) is 0 Å². The zero-order valence-corrected chi connectivity index (χ0v) is 15.5. The highest BCUT2D eigenvalue weighted by atomic mass is 16.6. The summed E-state index contributed by atoms with van der Waals surface area (Å²) in [5.74, 6) is 2.25. The van der Waals surface area contributed by atoms with E-state index in [4.69, 9.17) is 14.2 Å². The average Bonchev–Trinajstić information content (AvgIpc) is 2.49. The first-order chi connectivity index (χ1) is 11.3. The predicted octanol–water partition coefficient (Wildman–Crippen LogP) is 2.87. The Balaban J connectivity index is 1.70. The molecule has 0 bridgehead atoms. The lowest BCUT2D eigenvalue weighted by molar-refractivity contribution is 0.145. The molecule has 0 atom stereocenters. The molecule has 1 fully saturated rings. The van der Waals surface area contributed by atoms with Gasteiger partial charge in [0.15, 0.2) is 11.5 Å². The van der Waals surface area contributed by atoms with Crippen LogP contribution in [0.2, 0.25) is 0 Å². The number of methoxy groups -OCH3 is 1. The zero-order chi connectivity index (χ0) is 17.4. The second-order valence-electron chi connectivity index (χ2n) is 8.20. The first-order valence-electron chi connectivity index (χ1n) is 8.77. The zero-order valence-electron chi connectivity index (χ0n) is 15.5. The molecule has 0 aromatic heterocycles. The molecule has 0 radical (unpaired) electrons. The Morgan fingerprint density at radius 1 is 1.12 bits per heavy atom. The molecule has 0 unspecified atom stereocenters. The van der Waals surface area contributed by atoms with Gasteiger partial charge >= 0.3 is 0 Å². The number of piperidine rings is 1. The third kappa shape index (κ3) is 3.95. The number of ether oxygens (including phenoxy) is 3. The summed E-state index contributed by atoms with van der Waals surface area (Å²) in [5, 5.41) is 7.44. The van der Waals surface area contributed by atoms with Crippen molar-refractivity contribution in [2.75, 3.05) is 20.3 Å². The molecule has 0 aliphatic carbocycles. The van der Waals surface area contributed by atoms with Gasteiger partial charge in [-0.1, -0.05) is 0 Å². The molecule has 5 heteroatoms. The normalized spacial score (nSPS) is 22.2. The van der Waals surface area contributed by atoms with E-state index in [-0.39, 0.29) is 11.1 Å². The minimum absolute atomic E-state index is 0.143. The van der Waals surface area contributed by atoms with Crippen LogP contribution in [0.1, 0.15) is 46.1 Å². The Morgan fingerprint density at radius 3 is 2.46 bits per heavy atom. The van der Waals surface area contributed by atoms with Crippen molar-refractivity contribution in [1.82, 2.24) is 10.6 Å². The standard InChI is InChI=1S/C19H30N2O3/c1-18(2)10-14(11-19(3,4)21-18)20-12-13-8-15(22-5)17-16(9-13)23-6-7-24-17/h8-9,14,20-21H,6-7,10-12H2,1-5H3. The summed E-state index contributed by atoms with van der Waals surface area (Å²) < 4.78 is 16.9. The van der Waals surface area contributed by atoms with E-state index in [1.165, 1.54) is 0 Å². The highest BCUT2D eigenvalue weighted by Gasteiger charge is 2.37. The first-order valence-corrected chi connectivity index (χ1v) is 8.77. The Morgan fingerprint density at radius 2 is 1.79 bits per heavy atom. The summed E-state index contributed by atoms with van der Waals surface area (Å²) in [7, 11) is 1.67. The fraction of sp³-hybridized carbons (Fsp3) is 0.684. The molecular weight excluding hydrogens is 304 g/mol. The minimum Gasteiger partial charge on any atom is -0.493 e. The lowest BCUT2D eigenvalue weighted by Gasteiger charge is -2.46. The molecule has 0 spiro atoms. The lowest BCUT2D eigenvalue weighted by Crippen LogP contribution is -2.61. The average molecular weight is 334 g/mol. The van der Waals surface area contributed by atoms with Gasteiger partial charge in [0.25, 0.3) is 0 Å². The van der Waals surface area contributed by atoms with Crippen LogP contribution in [0.15, 0.2) is 12.1 Å². The van der Waals surface area contributed by atoms with Gasteiger partial charge in [0.2, 0.25) is 5.75 Å². The predicted molar refractivity (Wildman–Crippen MR) is 95.1 cm³/mol. The molecule has 0 saturated carbocycles. The first kappa shape index (κ1) is 17.4. The third-order valence-electron chi connectivity index (χ3n) is 4.67. The summed E-state index contributed by atoms with van der Waals surface area (Å²) in [6, 6.07) is 4.58. The molecule has 1 aromatic rings. The molecule has 2 aliphatic heterocycles. The van der Waals surface area contributed by atoms with E-state index in [1.807, 2.05) is 6.07 Å². The smallest absolute Gasteiger partial charge is 0.203 e. The van der Waals surface area contributed by atoms with Crippen molar-refractivity contribution in [1.29, 1.82) is 0 Å². The molecule has 0 amide bonds. The van der Waals surface area contributed by atoms with Crippen LogP contribution in [0.3, 0.4) is 0 Å². The lowest BCUT2D eigenvalue weighted by atomic mass is 9.79. The van der Waals surface area contributed by atoms with Crippen LogP contribution in [-0.2, 0) is 6.54 Å². The van der Waals surface area contributed by atoms with Crippen LogP contribution < -0.4 is 24.8 Å². The fourth-order valence-corrected chi connectivity index (χ4v) is 4.16. The Labute approximate surface area is 145 Å². The highest BCUT2D eigenvalue weighted by molar-refractivity contribution is 5.54. The van der Waals surface area contributed by atoms with Gasteiger partial charge in [0, 0.05) is 23.7 Å². The second kappa shape index (κ2) is 6.45.